The highest BCUT2D eigenvalue weighted by molar-refractivity contribution is 14.0. The molecule has 0 radical (unpaired) electrons. The second kappa shape index (κ2) is 14.8. The van der Waals surface area contributed by atoms with E-state index in [1.165, 1.54) is 19.3 Å². The summed E-state index contributed by atoms with van der Waals surface area (Å²) >= 11 is 0. The van der Waals surface area contributed by atoms with E-state index in [9.17, 15) is 8.42 Å². The number of nitrogens with zero attached hydrogens (tertiary/aromatic N) is 1. The van der Waals surface area contributed by atoms with Gasteiger partial charge in [-0.3, -0.25) is 4.99 Å². The molecule has 21 heavy (non-hydrogen) atoms. The fraction of sp³-hybridized carbons (Fsp3) is 0.923. The first kappa shape index (κ1) is 23.2. The van der Waals surface area contributed by atoms with E-state index in [1.807, 2.05) is 0 Å². The molecule has 0 bridgehead atoms. The van der Waals surface area contributed by atoms with Gasteiger partial charge >= 0.3 is 0 Å². The van der Waals surface area contributed by atoms with Gasteiger partial charge in [0.25, 0.3) is 0 Å². The number of aliphatic imine (C=N–C) groups is 1. The van der Waals surface area contributed by atoms with Crippen molar-refractivity contribution in [3.8, 4) is 0 Å². The average molecular weight is 434 g/mol. The Balaban J connectivity index is 0. The molecular formula is C13H31IN4O2S. The second-order valence-corrected chi connectivity index (χ2v) is 6.73. The standard InChI is InChI=1S/C13H30N4O2S.HI/c1-4-6-7-8-10-15-13(14-3)16-11-9-12-17-20(18,19)5-2;/h17H,4-12H2,1-3H3,(H2,14,15,16);1H. The molecule has 0 unspecified atom stereocenters. The monoisotopic (exact) mass is 434 g/mol. The van der Waals surface area contributed by atoms with Gasteiger partial charge in [0.05, 0.1) is 5.75 Å². The number of hydrogen-bond donors (Lipinski definition) is 3. The first-order valence-electron chi connectivity index (χ1n) is 7.47. The molecule has 0 spiro atoms. The molecule has 0 aliphatic rings. The molecule has 0 fully saturated rings. The van der Waals surface area contributed by atoms with Crippen molar-refractivity contribution < 1.29 is 8.42 Å². The van der Waals surface area contributed by atoms with Crippen LogP contribution in [-0.2, 0) is 10.0 Å². The highest BCUT2D eigenvalue weighted by Crippen LogP contribution is 1.96. The highest BCUT2D eigenvalue weighted by atomic mass is 127. The summed E-state index contributed by atoms with van der Waals surface area (Å²) < 4.78 is 25.0. The van der Waals surface area contributed by atoms with Crippen LogP contribution in [0.1, 0.15) is 46.0 Å². The van der Waals surface area contributed by atoms with E-state index in [0.717, 1.165) is 25.3 Å². The molecule has 3 N–H and O–H groups in total. The Morgan fingerprint density at radius 1 is 0.952 bits per heavy atom. The fourth-order valence-corrected chi connectivity index (χ4v) is 2.26. The minimum absolute atomic E-state index is 0. The molecule has 0 saturated heterocycles. The Labute approximate surface area is 147 Å². The normalized spacial score (nSPS) is 11.9. The zero-order chi connectivity index (χ0) is 15.3. The molecule has 0 saturated carbocycles. The molecule has 0 aromatic heterocycles. The van der Waals surface area contributed by atoms with Crippen LogP contribution in [-0.4, -0.2) is 46.8 Å². The lowest BCUT2D eigenvalue weighted by atomic mass is 10.2. The molecular weight excluding hydrogens is 403 g/mol. The number of hydrogen-bond acceptors (Lipinski definition) is 3. The summed E-state index contributed by atoms with van der Waals surface area (Å²) in [4.78, 5) is 4.12. The number of nitrogens with one attached hydrogen (secondary N) is 3. The summed E-state index contributed by atoms with van der Waals surface area (Å²) in [6.07, 6.45) is 5.62. The molecule has 0 amide bonds. The maximum atomic E-state index is 11.2. The third-order valence-electron chi connectivity index (χ3n) is 2.89. The maximum absolute atomic E-state index is 11.2. The lowest BCUT2D eigenvalue weighted by Gasteiger charge is -2.11. The Kier molecular flexibility index (Phi) is 16.4. The van der Waals surface area contributed by atoms with Gasteiger partial charge < -0.3 is 10.6 Å². The van der Waals surface area contributed by atoms with Crippen LogP contribution in [0.4, 0.5) is 0 Å². The number of halogens is 1. The van der Waals surface area contributed by atoms with Crippen LogP contribution < -0.4 is 15.4 Å². The molecule has 0 aromatic carbocycles. The predicted molar refractivity (Wildman–Crippen MR) is 101 cm³/mol. The van der Waals surface area contributed by atoms with Gasteiger partial charge in [-0.2, -0.15) is 0 Å². The van der Waals surface area contributed by atoms with Crippen molar-refractivity contribution in [3.63, 3.8) is 0 Å². The quantitative estimate of drug-likeness (QED) is 0.200. The van der Waals surface area contributed by atoms with Crippen molar-refractivity contribution in [3.05, 3.63) is 0 Å². The summed E-state index contributed by atoms with van der Waals surface area (Å²) in [5.74, 6) is 0.904. The van der Waals surface area contributed by atoms with Crippen LogP contribution >= 0.6 is 24.0 Å². The van der Waals surface area contributed by atoms with E-state index in [2.05, 4.69) is 27.3 Å². The largest absolute Gasteiger partial charge is 0.356 e. The molecule has 0 rings (SSSR count). The third kappa shape index (κ3) is 14.6. The van der Waals surface area contributed by atoms with Crippen LogP contribution in [0.25, 0.3) is 0 Å². The van der Waals surface area contributed by atoms with Crippen molar-refractivity contribution >= 4 is 40.0 Å². The van der Waals surface area contributed by atoms with Crippen molar-refractivity contribution in [1.29, 1.82) is 0 Å². The Morgan fingerprint density at radius 2 is 1.57 bits per heavy atom. The average Bonchev–Trinajstić information content (AvgIpc) is 2.44. The molecule has 128 valence electrons. The lowest BCUT2D eigenvalue weighted by Crippen LogP contribution is -2.39. The van der Waals surface area contributed by atoms with Crippen LogP contribution in [0.5, 0.6) is 0 Å². The number of unbranched alkanes of at least 4 members (excludes halogenated alkanes) is 3. The van der Waals surface area contributed by atoms with Crippen LogP contribution in [0.2, 0.25) is 0 Å². The number of sulfonamides is 1. The van der Waals surface area contributed by atoms with Crippen LogP contribution in [0, 0.1) is 0 Å². The number of guanidine groups is 1. The third-order valence-corrected chi connectivity index (χ3v) is 4.30. The molecule has 0 atom stereocenters. The van der Waals surface area contributed by atoms with E-state index >= 15 is 0 Å². The maximum Gasteiger partial charge on any atom is 0.211 e. The molecule has 0 aromatic rings. The van der Waals surface area contributed by atoms with Gasteiger partial charge in [-0.1, -0.05) is 26.2 Å². The smallest absolute Gasteiger partial charge is 0.211 e. The Bertz CT molecular complexity index is 361. The van der Waals surface area contributed by atoms with E-state index in [4.69, 9.17) is 0 Å². The van der Waals surface area contributed by atoms with Crippen LogP contribution in [0.15, 0.2) is 4.99 Å². The predicted octanol–water partition coefficient (Wildman–Crippen LogP) is 1.68. The lowest BCUT2D eigenvalue weighted by molar-refractivity contribution is 0.579. The Hall–Kier alpha value is -0.0900. The van der Waals surface area contributed by atoms with Gasteiger partial charge in [-0.15, -0.1) is 24.0 Å². The van der Waals surface area contributed by atoms with Crippen LogP contribution in [0.3, 0.4) is 0 Å². The van der Waals surface area contributed by atoms with Gasteiger partial charge in [0.2, 0.25) is 10.0 Å². The SMILES string of the molecule is CCCCCCNC(=NC)NCCCNS(=O)(=O)CC.I. The summed E-state index contributed by atoms with van der Waals surface area (Å²) in [6, 6.07) is 0. The second-order valence-electron chi connectivity index (χ2n) is 4.64. The van der Waals surface area contributed by atoms with E-state index in [0.29, 0.717) is 13.1 Å². The highest BCUT2D eigenvalue weighted by Gasteiger charge is 2.04. The van der Waals surface area contributed by atoms with Crippen molar-refractivity contribution in [2.75, 3.05) is 32.4 Å². The zero-order valence-electron chi connectivity index (χ0n) is 13.4. The Morgan fingerprint density at radius 3 is 2.10 bits per heavy atom. The minimum Gasteiger partial charge on any atom is -0.356 e. The summed E-state index contributed by atoms with van der Waals surface area (Å²) in [6.45, 7) is 5.89. The van der Waals surface area contributed by atoms with Crippen molar-refractivity contribution in [2.24, 2.45) is 4.99 Å². The van der Waals surface area contributed by atoms with Gasteiger partial charge in [0.1, 0.15) is 0 Å². The van der Waals surface area contributed by atoms with E-state index < -0.39 is 10.0 Å². The molecule has 0 aliphatic carbocycles. The number of rotatable bonds is 11. The van der Waals surface area contributed by atoms with Crippen molar-refractivity contribution in [2.45, 2.75) is 46.0 Å². The molecule has 0 aliphatic heterocycles. The fourth-order valence-electron chi connectivity index (χ4n) is 1.60. The molecule has 8 heteroatoms. The van der Waals surface area contributed by atoms with E-state index in [-0.39, 0.29) is 29.7 Å². The first-order valence-corrected chi connectivity index (χ1v) is 9.12. The summed E-state index contributed by atoms with van der Waals surface area (Å²) in [7, 11) is -1.34. The first-order chi connectivity index (χ1) is 9.55. The van der Waals surface area contributed by atoms with Gasteiger partial charge in [0.15, 0.2) is 5.96 Å². The van der Waals surface area contributed by atoms with Gasteiger partial charge in [-0.25, -0.2) is 13.1 Å². The summed E-state index contributed by atoms with van der Waals surface area (Å²) in [5.41, 5.74) is 0. The zero-order valence-corrected chi connectivity index (χ0v) is 16.6. The van der Waals surface area contributed by atoms with Gasteiger partial charge in [0, 0.05) is 26.7 Å². The minimum atomic E-state index is -3.07. The van der Waals surface area contributed by atoms with Crippen molar-refractivity contribution in [1.82, 2.24) is 15.4 Å². The summed E-state index contributed by atoms with van der Waals surface area (Å²) in [5, 5.41) is 6.42. The van der Waals surface area contributed by atoms with E-state index in [1.54, 1.807) is 14.0 Å². The topological polar surface area (TPSA) is 82.6 Å². The molecule has 0 heterocycles. The molecule has 6 nitrogen and oxygen atoms in total. The van der Waals surface area contributed by atoms with Gasteiger partial charge in [-0.05, 0) is 19.8 Å².